The van der Waals surface area contributed by atoms with E-state index >= 15 is 0 Å². The lowest BCUT2D eigenvalue weighted by Crippen LogP contribution is -1.95. The van der Waals surface area contributed by atoms with Crippen molar-refractivity contribution in [2.24, 2.45) is 0 Å². The van der Waals surface area contributed by atoms with Crippen LogP contribution >= 0.6 is 27.5 Å². The van der Waals surface area contributed by atoms with Crippen molar-refractivity contribution in [3.63, 3.8) is 0 Å². The molecule has 1 heterocycles. The van der Waals surface area contributed by atoms with Gasteiger partial charge in [-0.1, -0.05) is 51.8 Å². The maximum atomic E-state index is 6.02. The molecule has 0 saturated carbocycles. The van der Waals surface area contributed by atoms with Gasteiger partial charge in [-0.2, -0.15) is 5.10 Å². The van der Waals surface area contributed by atoms with Crippen LogP contribution in [0.4, 0.5) is 0 Å². The summed E-state index contributed by atoms with van der Waals surface area (Å²) in [6.07, 6.45) is 3.93. The van der Waals surface area contributed by atoms with Gasteiger partial charge >= 0.3 is 0 Å². The molecule has 0 aliphatic carbocycles. The van der Waals surface area contributed by atoms with E-state index in [1.54, 1.807) is 0 Å². The third kappa shape index (κ3) is 3.04. The fraction of sp³-hybridized carbons (Fsp3) is 0.118. The number of rotatable bonds is 3. The molecule has 1 aromatic heterocycles. The number of hydrogen-bond acceptors (Lipinski definition) is 1. The van der Waals surface area contributed by atoms with Gasteiger partial charge < -0.3 is 0 Å². The molecule has 2 nitrogen and oxygen atoms in total. The zero-order valence-electron chi connectivity index (χ0n) is 11.5. The van der Waals surface area contributed by atoms with Crippen LogP contribution in [0.5, 0.6) is 0 Å². The molecule has 106 valence electrons. The molecule has 0 aliphatic rings. The normalized spacial score (nSPS) is 12.3. The highest BCUT2D eigenvalue weighted by Gasteiger charge is 2.15. The second-order valence-corrected chi connectivity index (χ2v) is 6.27. The highest BCUT2D eigenvalue weighted by molar-refractivity contribution is 9.09. The lowest BCUT2D eigenvalue weighted by atomic mass is 10.0. The molecule has 0 amide bonds. The van der Waals surface area contributed by atoms with Crippen LogP contribution in [0.1, 0.15) is 21.5 Å². The van der Waals surface area contributed by atoms with Crippen LogP contribution in [0.15, 0.2) is 60.9 Å². The van der Waals surface area contributed by atoms with Gasteiger partial charge in [-0.15, -0.1) is 0 Å². The average Bonchev–Trinajstić information content (AvgIpc) is 2.97. The summed E-state index contributed by atoms with van der Waals surface area (Å²) in [6.45, 7) is 2.07. The van der Waals surface area contributed by atoms with Gasteiger partial charge in [0.25, 0.3) is 0 Å². The Morgan fingerprint density at radius 3 is 2.62 bits per heavy atom. The Kier molecular flexibility index (Phi) is 4.13. The van der Waals surface area contributed by atoms with E-state index in [0.29, 0.717) is 0 Å². The largest absolute Gasteiger partial charge is 0.241 e. The molecule has 21 heavy (non-hydrogen) atoms. The molecule has 2 aromatic carbocycles. The minimum Gasteiger partial charge on any atom is -0.241 e. The first-order valence-electron chi connectivity index (χ1n) is 6.65. The lowest BCUT2D eigenvalue weighted by molar-refractivity contribution is 0.880. The molecule has 3 rings (SSSR count). The van der Waals surface area contributed by atoms with Gasteiger partial charge in [0.1, 0.15) is 0 Å². The molecule has 4 heteroatoms. The number of aromatic nitrogens is 2. The van der Waals surface area contributed by atoms with Crippen molar-refractivity contribution in [1.82, 2.24) is 9.78 Å². The van der Waals surface area contributed by atoms with Crippen LogP contribution in [0, 0.1) is 6.92 Å². The van der Waals surface area contributed by atoms with Crippen molar-refractivity contribution in [2.45, 2.75) is 11.8 Å². The van der Waals surface area contributed by atoms with E-state index < -0.39 is 0 Å². The maximum Gasteiger partial charge on any atom is 0.0678 e. The summed E-state index contributed by atoms with van der Waals surface area (Å²) in [7, 11) is 0. The van der Waals surface area contributed by atoms with E-state index in [0.717, 1.165) is 21.8 Å². The van der Waals surface area contributed by atoms with Gasteiger partial charge in [-0.3, -0.25) is 0 Å². The van der Waals surface area contributed by atoms with E-state index in [4.69, 9.17) is 11.6 Å². The van der Waals surface area contributed by atoms with E-state index in [1.807, 2.05) is 59.5 Å². The predicted molar refractivity (Wildman–Crippen MR) is 90.5 cm³/mol. The van der Waals surface area contributed by atoms with Gasteiger partial charge in [-0.05, 0) is 42.3 Å². The number of aryl methyl sites for hydroxylation is 1. The SMILES string of the molecule is Cc1cc(Cl)ccc1C(Br)c1cnn(-c2ccccc2)c1. The summed E-state index contributed by atoms with van der Waals surface area (Å²) in [5, 5.41) is 5.20. The molecule has 0 radical (unpaired) electrons. The fourth-order valence-corrected chi connectivity index (χ4v) is 3.27. The molecule has 0 N–H and O–H groups in total. The summed E-state index contributed by atoms with van der Waals surface area (Å²) >= 11 is 9.78. The average molecular weight is 362 g/mol. The minimum absolute atomic E-state index is 0.104. The van der Waals surface area contributed by atoms with Crippen molar-refractivity contribution in [2.75, 3.05) is 0 Å². The number of nitrogens with zero attached hydrogens (tertiary/aromatic N) is 2. The smallest absolute Gasteiger partial charge is 0.0678 e. The molecule has 3 aromatic rings. The number of alkyl halides is 1. The van der Waals surface area contributed by atoms with Gasteiger partial charge in [-0.25, -0.2) is 4.68 Å². The number of para-hydroxylation sites is 1. The Bertz CT molecular complexity index is 752. The molecule has 0 spiro atoms. The van der Waals surface area contributed by atoms with E-state index in [2.05, 4.69) is 34.0 Å². The molecule has 1 unspecified atom stereocenters. The Morgan fingerprint density at radius 2 is 1.90 bits per heavy atom. The van der Waals surface area contributed by atoms with Crippen LogP contribution < -0.4 is 0 Å². The summed E-state index contributed by atoms with van der Waals surface area (Å²) in [6, 6.07) is 16.0. The third-order valence-electron chi connectivity index (χ3n) is 3.42. The fourth-order valence-electron chi connectivity index (χ4n) is 2.29. The zero-order valence-corrected chi connectivity index (χ0v) is 13.8. The Labute approximate surface area is 137 Å². The first-order chi connectivity index (χ1) is 10.1. The summed E-state index contributed by atoms with van der Waals surface area (Å²) in [4.78, 5) is 0.104. The van der Waals surface area contributed by atoms with Gasteiger partial charge in [0.2, 0.25) is 0 Å². The van der Waals surface area contributed by atoms with Crippen molar-refractivity contribution in [3.05, 3.63) is 82.6 Å². The van der Waals surface area contributed by atoms with Crippen LogP contribution in [0.3, 0.4) is 0 Å². The summed E-state index contributed by atoms with van der Waals surface area (Å²) in [5.74, 6) is 0. The topological polar surface area (TPSA) is 17.8 Å². The predicted octanol–water partition coefficient (Wildman–Crippen LogP) is 5.32. The molecule has 1 atom stereocenters. The summed E-state index contributed by atoms with van der Waals surface area (Å²) in [5.41, 5.74) is 4.53. The standard InChI is InChI=1S/C17H14BrClN2/c1-12-9-14(19)7-8-16(12)17(18)13-10-20-21(11-13)15-5-3-2-4-6-15/h2-11,17H,1H3. The molecule has 0 fully saturated rings. The highest BCUT2D eigenvalue weighted by Crippen LogP contribution is 2.33. The zero-order chi connectivity index (χ0) is 14.8. The van der Waals surface area contributed by atoms with Crippen molar-refractivity contribution < 1.29 is 0 Å². The second kappa shape index (κ2) is 6.04. The Morgan fingerprint density at radius 1 is 1.14 bits per heavy atom. The number of halogens is 2. The van der Waals surface area contributed by atoms with Gasteiger partial charge in [0, 0.05) is 16.8 Å². The Balaban J connectivity index is 1.92. The van der Waals surface area contributed by atoms with E-state index in [-0.39, 0.29) is 4.83 Å². The third-order valence-corrected chi connectivity index (χ3v) is 4.68. The highest BCUT2D eigenvalue weighted by atomic mass is 79.9. The van der Waals surface area contributed by atoms with E-state index in [1.165, 1.54) is 5.56 Å². The molecular formula is C17H14BrClN2. The monoisotopic (exact) mass is 360 g/mol. The van der Waals surface area contributed by atoms with Crippen LogP contribution in [-0.2, 0) is 0 Å². The molecule has 0 saturated heterocycles. The first-order valence-corrected chi connectivity index (χ1v) is 7.94. The lowest BCUT2D eigenvalue weighted by Gasteiger charge is -2.11. The molecular weight excluding hydrogens is 348 g/mol. The Hall–Kier alpha value is -1.58. The van der Waals surface area contributed by atoms with Crippen LogP contribution in [0.2, 0.25) is 5.02 Å². The van der Waals surface area contributed by atoms with Gasteiger partial charge in [0.05, 0.1) is 16.7 Å². The van der Waals surface area contributed by atoms with Crippen molar-refractivity contribution in [3.8, 4) is 5.69 Å². The molecule has 0 bridgehead atoms. The van der Waals surface area contributed by atoms with Crippen molar-refractivity contribution in [1.29, 1.82) is 0 Å². The van der Waals surface area contributed by atoms with Crippen LogP contribution in [-0.4, -0.2) is 9.78 Å². The van der Waals surface area contributed by atoms with Crippen LogP contribution in [0.25, 0.3) is 5.69 Å². The number of benzene rings is 2. The van der Waals surface area contributed by atoms with Gasteiger partial charge in [0.15, 0.2) is 0 Å². The van der Waals surface area contributed by atoms with Crippen molar-refractivity contribution >= 4 is 27.5 Å². The molecule has 0 aliphatic heterocycles. The van der Waals surface area contributed by atoms with E-state index in [9.17, 15) is 0 Å². The number of hydrogen-bond donors (Lipinski definition) is 0. The summed E-state index contributed by atoms with van der Waals surface area (Å²) < 4.78 is 1.88. The maximum absolute atomic E-state index is 6.02. The minimum atomic E-state index is 0.104. The first kappa shape index (κ1) is 14.4. The quantitative estimate of drug-likeness (QED) is 0.577. The second-order valence-electron chi connectivity index (χ2n) is 4.92.